The molecule has 0 saturated carbocycles. The summed E-state index contributed by atoms with van der Waals surface area (Å²) in [4.78, 5) is -0.0616. The van der Waals surface area contributed by atoms with Crippen LogP contribution in [0, 0.1) is 24.1 Å². The number of nitriles is 1. The minimum absolute atomic E-state index is 0.0567. The van der Waals surface area contributed by atoms with Crippen LogP contribution in [0.4, 0.5) is 10.2 Å². The molecule has 0 amide bonds. The Morgan fingerprint density at radius 1 is 1.45 bits per heavy atom. The Bertz CT molecular complexity index is 805. The minimum atomic E-state index is -3.92. The highest BCUT2D eigenvalue weighted by Crippen LogP contribution is 2.21. The number of aryl methyl sites for hydroxylation is 2. The Morgan fingerprint density at radius 3 is 2.75 bits per heavy atom. The molecule has 0 aliphatic carbocycles. The molecule has 0 saturated heterocycles. The van der Waals surface area contributed by atoms with Crippen molar-refractivity contribution in [3.63, 3.8) is 0 Å². The van der Waals surface area contributed by atoms with Gasteiger partial charge in [-0.2, -0.15) is 10.4 Å². The van der Waals surface area contributed by atoms with Crippen molar-refractivity contribution < 1.29 is 12.8 Å². The lowest BCUT2D eigenvalue weighted by atomic mass is 10.2. The van der Waals surface area contributed by atoms with Crippen LogP contribution in [-0.2, 0) is 17.1 Å². The quantitative estimate of drug-likeness (QED) is 0.930. The highest BCUT2D eigenvalue weighted by molar-refractivity contribution is 7.92. The lowest BCUT2D eigenvalue weighted by molar-refractivity contribution is 0.598. The normalized spacial score (nSPS) is 11.1. The summed E-state index contributed by atoms with van der Waals surface area (Å²) >= 11 is 0. The SMILES string of the molecule is Cc1cc(F)ccc1S(=O)(=O)Nc1nn(C)cc1C#N. The van der Waals surface area contributed by atoms with Crippen LogP contribution >= 0.6 is 0 Å². The van der Waals surface area contributed by atoms with E-state index >= 15 is 0 Å². The van der Waals surface area contributed by atoms with E-state index in [9.17, 15) is 12.8 Å². The van der Waals surface area contributed by atoms with Crippen LogP contribution in [0.5, 0.6) is 0 Å². The first-order chi connectivity index (χ1) is 9.33. The Balaban J connectivity index is 2.44. The Kier molecular flexibility index (Phi) is 3.46. The Morgan fingerprint density at radius 2 is 2.15 bits per heavy atom. The first kappa shape index (κ1) is 14.0. The van der Waals surface area contributed by atoms with Crippen molar-refractivity contribution in [3.8, 4) is 6.07 Å². The molecule has 20 heavy (non-hydrogen) atoms. The Labute approximate surface area is 115 Å². The van der Waals surface area contributed by atoms with Crippen LogP contribution in [0.3, 0.4) is 0 Å². The van der Waals surface area contributed by atoms with Crippen LogP contribution in [0.25, 0.3) is 0 Å². The summed E-state index contributed by atoms with van der Waals surface area (Å²) in [5.41, 5.74) is 0.378. The molecule has 0 aliphatic rings. The van der Waals surface area contributed by atoms with Crippen molar-refractivity contribution in [2.45, 2.75) is 11.8 Å². The first-order valence-corrected chi connectivity index (χ1v) is 7.04. The zero-order chi connectivity index (χ0) is 14.9. The number of hydrogen-bond donors (Lipinski definition) is 1. The van der Waals surface area contributed by atoms with Gasteiger partial charge in [-0.05, 0) is 30.7 Å². The molecular weight excluding hydrogens is 283 g/mol. The van der Waals surface area contributed by atoms with E-state index in [1.165, 1.54) is 23.9 Å². The summed E-state index contributed by atoms with van der Waals surface area (Å²) in [6, 6.07) is 5.20. The van der Waals surface area contributed by atoms with Gasteiger partial charge in [0.25, 0.3) is 10.0 Å². The molecule has 1 N–H and O–H groups in total. The van der Waals surface area contributed by atoms with Gasteiger partial charge in [0, 0.05) is 13.2 Å². The first-order valence-electron chi connectivity index (χ1n) is 5.56. The number of benzene rings is 1. The summed E-state index contributed by atoms with van der Waals surface area (Å²) in [6.45, 7) is 1.49. The van der Waals surface area contributed by atoms with Crippen molar-refractivity contribution in [1.82, 2.24) is 9.78 Å². The third-order valence-corrected chi connectivity index (χ3v) is 4.11. The molecule has 0 atom stereocenters. The third kappa shape index (κ3) is 2.62. The molecule has 1 heterocycles. The van der Waals surface area contributed by atoms with E-state index in [0.717, 1.165) is 12.1 Å². The molecule has 6 nitrogen and oxygen atoms in total. The second-order valence-corrected chi connectivity index (χ2v) is 5.84. The fourth-order valence-electron chi connectivity index (χ4n) is 1.74. The number of rotatable bonds is 3. The zero-order valence-electron chi connectivity index (χ0n) is 10.8. The maximum atomic E-state index is 13.0. The molecule has 1 aromatic carbocycles. The van der Waals surface area contributed by atoms with Gasteiger partial charge >= 0.3 is 0 Å². The predicted octanol–water partition coefficient (Wildman–Crippen LogP) is 1.54. The maximum absolute atomic E-state index is 13.0. The van der Waals surface area contributed by atoms with E-state index in [1.54, 1.807) is 7.05 Å². The Hall–Kier alpha value is -2.40. The summed E-state index contributed by atoms with van der Waals surface area (Å²) in [7, 11) is -2.35. The van der Waals surface area contributed by atoms with E-state index in [1.807, 2.05) is 6.07 Å². The maximum Gasteiger partial charge on any atom is 0.263 e. The second-order valence-electron chi connectivity index (χ2n) is 4.19. The molecule has 0 radical (unpaired) electrons. The molecule has 8 heteroatoms. The van der Waals surface area contributed by atoms with Crippen LogP contribution in [0.1, 0.15) is 11.1 Å². The van der Waals surface area contributed by atoms with Gasteiger partial charge in [0.2, 0.25) is 0 Å². The van der Waals surface area contributed by atoms with E-state index in [-0.39, 0.29) is 21.8 Å². The van der Waals surface area contributed by atoms with Crippen LogP contribution < -0.4 is 4.72 Å². The van der Waals surface area contributed by atoms with Gasteiger partial charge in [-0.1, -0.05) is 0 Å². The largest absolute Gasteiger partial charge is 0.272 e. The fraction of sp³-hybridized carbons (Fsp3) is 0.167. The van der Waals surface area contributed by atoms with Crippen molar-refractivity contribution in [2.75, 3.05) is 4.72 Å². The summed E-state index contributed by atoms with van der Waals surface area (Å²) in [5, 5.41) is 12.8. The van der Waals surface area contributed by atoms with Crippen molar-refractivity contribution in [3.05, 3.63) is 41.3 Å². The van der Waals surface area contributed by atoms with Crippen LogP contribution in [0.2, 0.25) is 0 Å². The van der Waals surface area contributed by atoms with Gasteiger partial charge in [0.05, 0.1) is 4.90 Å². The summed E-state index contributed by atoms with van der Waals surface area (Å²) < 4.78 is 41.0. The van der Waals surface area contributed by atoms with Crippen molar-refractivity contribution >= 4 is 15.8 Å². The molecular formula is C12H11FN4O2S. The average molecular weight is 294 g/mol. The molecule has 0 fully saturated rings. The monoisotopic (exact) mass is 294 g/mol. The van der Waals surface area contributed by atoms with Gasteiger partial charge in [-0.15, -0.1) is 0 Å². The van der Waals surface area contributed by atoms with Gasteiger partial charge in [0.1, 0.15) is 17.4 Å². The highest BCUT2D eigenvalue weighted by atomic mass is 32.2. The summed E-state index contributed by atoms with van der Waals surface area (Å²) in [5.74, 6) is -0.573. The number of sulfonamides is 1. The van der Waals surface area contributed by atoms with Crippen LogP contribution in [-0.4, -0.2) is 18.2 Å². The number of aromatic nitrogens is 2. The van der Waals surface area contributed by atoms with E-state index in [2.05, 4.69) is 9.82 Å². The molecule has 0 unspecified atom stereocenters. The number of halogens is 1. The molecule has 2 aromatic rings. The van der Waals surface area contributed by atoms with E-state index in [4.69, 9.17) is 5.26 Å². The fourth-order valence-corrected chi connectivity index (χ4v) is 2.99. The summed E-state index contributed by atoms with van der Waals surface area (Å²) in [6.07, 6.45) is 1.40. The average Bonchev–Trinajstić information content (AvgIpc) is 2.67. The number of hydrogen-bond acceptors (Lipinski definition) is 4. The number of nitrogens with zero attached hydrogens (tertiary/aromatic N) is 3. The standard InChI is InChI=1S/C12H11FN4O2S/c1-8-5-10(13)3-4-11(8)20(18,19)16-12-9(6-14)7-17(2)15-12/h3-5,7H,1-2H3,(H,15,16). The van der Waals surface area contributed by atoms with Gasteiger partial charge < -0.3 is 0 Å². The predicted molar refractivity (Wildman–Crippen MR) is 69.9 cm³/mol. The highest BCUT2D eigenvalue weighted by Gasteiger charge is 2.20. The molecule has 104 valence electrons. The molecule has 2 rings (SSSR count). The van der Waals surface area contributed by atoms with Gasteiger partial charge in [0.15, 0.2) is 5.82 Å². The van der Waals surface area contributed by atoms with E-state index in [0.29, 0.717) is 0 Å². The third-order valence-electron chi connectivity index (χ3n) is 2.61. The molecule has 1 aromatic heterocycles. The molecule has 0 bridgehead atoms. The second kappa shape index (κ2) is 4.94. The van der Waals surface area contributed by atoms with Crippen molar-refractivity contribution in [1.29, 1.82) is 5.26 Å². The van der Waals surface area contributed by atoms with Crippen LogP contribution in [0.15, 0.2) is 29.3 Å². The van der Waals surface area contributed by atoms with Gasteiger partial charge in [-0.25, -0.2) is 12.8 Å². The number of nitrogens with one attached hydrogen (secondary N) is 1. The molecule has 0 aliphatic heterocycles. The zero-order valence-corrected chi connectivity index (χ0v) is 11.6. The lowest BCUT2D eigenvalue weighted by Gasteiger charge is -2.08. The number of anilines is 1. The van der Waals surface area contributed by atoms with E-state index < -0.39 is 15.8 Å². The smallest absolute Gasteiger partial charge is 0.263 e. The lowest BCUT2D eigenvalue weighted by Crippen LogP contribution is -2.15. The van der Waals surface area contributed by atoms with Gasteiger partial charge in [-0.3, -0.25) is 9.40 Å². The minimum Gasteiger partial charge on any atom is -0.272 e. The molecule has 0 spiro atoms. The van der Waals surface area contributed by atoms with Crippen molar-refractivity contribution in [2.24, 2.45) is 7.05 Å². The topological polar surface area (TPSA) is 87.8 Å².